The molecule has 0 atom stereocenters. The molecule has 0 aliphatic carbocycles. The van der Waals surface area contributed by atoms with Gasteiger partial charge in [0.05, 0.1) is 25.6 Å². The second-order valence-electron chi connectivity index (χ2n) is 7.63. The standard InChI is InChI=1S/C24H32N4O5/c1-28(2)14-13-25-22(29)11-8-12-23(30)26-18-15-21(33-4)19(16-20(18)32-3)27-24(31)17-9-6-5-7-10-17/h5-7,9-10,15-16H,8,11-14H2,1-4H3,(H,25,29)(H,26,30)(H,27,31). The number of nitrogens with one attached hydrogen (secondary N) is 3. The summed E-state index contributed by atoms with van der Waals surface area (Å²) in [5.41, 5.74) is 1.32. The van der Waals surface area contributed by atoms with Gasteiger partial charge in [-0.2, -0.15) is 0 Å². The minimum Gasteiger partial charge on any atom is -0.494 e. The van der Waals surface area contributed by atoms with E-state index >= 15 is 0 Å². The SMILES string of the molecule is COc1cc(NC(=O)c2ccccc2)c(OC)cc1NC(=O)CCCC(=O)NCCN(C)C. The molecule has 0 saturated heterocycles. The Hall–Kier alpha value is -3.59. The number of likely N-dealkylation sites (N-methyl/N-ethyl adjacent to an activating group) is 1. The summed E-state index contributed by atoms with van der Waals surface area (Å²) in [4.78, 5) is 38.7. The fourth-order valence-corrected chi connectivity index (χ4v) is 3.01. The van der Waals surface area contributed by atoms with Gasteiger partial charge in [-0.15, -0.1) is 0 Å². The van der Waals surface area contributed by atoms with Gasteiger partial charge in [0.25, 0.3) is 5.91 Å². The van der Waals surface area contributed by atoms with Gasteiger partial charge in [-0.05, 0) is 32.6 Å². The summed E-state index contributed by atoms with van der Waals surface area (Å²) in [6, 6.07) is 12.0. The molecular formula is C24H32N4O5. The van der Waals surface area contributed by atoms with Crippen molar-refractivity contribution < 1.29 is 23.9 Å². The molecule has 178 valence electrons. The zero-order valence-corrected chi connectivity index (χ0v) is 19.6. The quantitative estimate of drug-likeness (QED) is 0.453. The van der Waals surface area contributed by atoms with Gasteiger partial charge in [-0.1, -0.05) is 18.2 Å². The molecule has 0 unspecified atom stereocenters. The smallest absolute Gasteiger partial charge is 0.255 e. The average Bonchev–Trinajstić information content (AvgIpc) is 2.79. The van der Waals surface area contributed by atoms with Gasteiger partial charge in [0, 0.05) is 43.6 Å². The number of benzene rings is 2. The van der Waals surface area contributed by atoms with Gasteiger partial charge in [-0.25, -0.2) is 0 Å². The van der Waals surface area contributed by atoms with Crippen molar-refractivity contribution in [2.75, 3.05) is 52.0 Å². The molecule has 3 N–H and O–H groups in total. The third-order valence-electron chi connectivity index (χ3n) is 4.77. The largest absolute Gasteiger partial charge is 0.494 e. The van der Waals surface area contributed by atoms with Crippen LogP contribution in [0.5, 0.6) is 11.5 Å². The van der Waals surface area contributed by atoms with Crippen molar-refractivity contribution in [3.63, 3.8) is 0 Å². The Morgan fingerprint density at radius 1 is 0.848 bits per heavy atom. The molecule has 9 heteroatoms. The zero-order valence-electron chi connectivity index (χ0n) is 19.6. The number of anilines is 2. The predicted octanol–water partition coefficient (Wildman–Crippen LogP) is 2.74. The summed E-state index contributed by atoms with van der Waals surface area (Å²) in [5, 5.41) is 8.41. The first-order valence-electron chi connectivity index (χ1n) is 10.7. The van der Waals surface area contributed by atoms with Crippen molar-refractivity contribution >= 4 is 29.1 Å². The maximum Gasteiger partial charge on any atom is 0.255 e. The topological polar surface area (TPSA) is 109 Å². The third-order valence-corrected chi connectivity index (χ3v) is 4.77. The van der Waals surface area contributed by atoms with E-state index in [4.69, 9.17) is 9.47 Å². The average molecular weight is 457 g/mol. The fourth-order valence-electron chi connectivity index (χ4n) is 3.01. The molecule has 0 aromatic heterocycles. The molecular weight excluding hydrogens is 424 g/mol. The lowest BCUT2D eigenvalue weighted by Crippen LogP contribution is -2.31. The summed E-state index contributed by atoms with van der Waals surface area (Å²) in [6.45, 7) is 1.33. The minimum atomic E-state index is -0.295. The highest BCUT2D eigenvalue weighted by molar-refractivity contribution is 6.05. The summed E-state index contributed by atoms with van der Waals surface area (Å²) >= 11 is 0. The van der Waals surface area contributed by atoms with Gasteiger partial charge in [0.15, 0.2) is 0 Å². The Morgan fingerprint density at radius 2 is 1.42 bits per heavy atom. The number of rotatable bonds is 12. The van der Waals surface area contributed by atoms with E-state index in [0.717, 1.165) is 6.54 Å². The van der Waals surface area contributed by atoms with E-state index in [2.05, 4.69) is 16.0 Å². The number of amides is 3. The molecule has 0 aliphatic rings. The Bertz CT molecular complexity index is 947. The summed E-state index contributed by atoms with van der Waals surface area (Å²) in [5.74, 6) is 0.112. The first-order valence-corrected chi connectivity index (χ1v) is 10.7. The van der Waals surface area contributed by atoms with Crippen LogP contribution in [0.2, 0.25) is 0 Å². The Morgan fingerprint density at radius 3 is 2.00 bits per heavy atom. The highest BCUT2D eigenvalue weighted by Gasteiger charge is 2.16. The number of nitrogens with zero attached hydrogens (tertiary/aromatic N) is 1. The molecule has 0 heterocycles. The van der Waals surface area contributed by atoms with Crippen molar-refractivity contribution in [1.29, 1.82) is 0 Å². The molecule has 9 nitrogen and oxygen atoms in total. The van der Waals surface area contributed by atoms with E-state index in [9.17, 15) is 14.4 Å². The lowest BCUT2D eigenvalue weighted by molar-refractivity contribution is -0.121. The molecule has 33 heavy (non-hydrogen) atoms. The maximum atomic E-state index is 12.5. The van der Waals surface area contributed by atoms with E-state index in [0.29, 0.717) is 41.4 Å². The van der Waals surface area contributed by atoms with Crippen LogP contribution in [-0.4, -0.2) is 64.0 Å². The number of carbonyl (C=O) groups excluding carboxylic acids is 3. The first kappa shape index (κ1) is 25.7. The van der Waals surface area contributed by atoms with Crippen LogP contribution < -0.4 is 25.4 Å². The molecule has 2 aromatic carbocycles. The maximum absolute atomic E-state index is 12.5. The van der Waals surface area contributed by atoms with Gasteiger partial charge in [0.2, 0.25) is 11.8 Å². The van der Waals surface area contributed by atoms with Crippen molar-refractivity contribution in [3.05, 3.63) is 48.0 Å². The number of methoxy groups -OCH3 is 2. The molecule has 2 rings (SSSR count). The van der Waals surface area contributed by atoms with Crippen molar-refractivity contribution in [3.8, 4) is 11.5 Å². The van der Waals surface area contributed by atoms with Gasteiger partial charge >= 0.3 is 0 Å². The Labute approximate surface area is 194 Å². The van der Waals surface area contributed by atoms with Crippen LogP contribution in [0.3, 0.4) is 0 Å². The number of ether oxygens (including phenoxy) is 2. The van der Waals surface area contributed by atoms with E-state index in [1.165, 1.54) is 14.2 Å². The monoisotopic (exact) mass is 456 g/mol. The summed E-state index contributed by atoms with van der Waals surface area (Å²) < 4.78 is 10.8. The summed E-state index contributed by atoms with van der Waals surface area (Å²) in [6.07, 6.45) is 0.870. The second kappa shape index (κ2) is 13.1. The number of carbonyl (C=O) groups is 3. The molecule has 0 saturated carbocycles. The minimum absolute atomic E-state index is 0.0811. The van der Waals surface area contributed by atoms with E-state index < -0.39 is 0 Å². The van der Waals surface area contributed by atoms with Crippen molar-refractivity contribution in [2.24, 2.45) is 0 Å². The third kappa shape index (κ3) is 8.46. The normalized spacial score (nSPS) is 10.5. The van der Waals surface area contributed by atoms with Crippen LogP contribution in [-0.2, 0) is 9.59 Å². The van der Waals surface area contributed by atoms with E-state index in [-0.39, 0.29) is 30.6 Å². The molecule has 0 spiro atoms. The fraction of sp³-hybridized carbons (Fsp3) is 0.375. The molecule has 0 radical (unpaired) electrons. The van der Waals surface area contributed by atoms with Crippen LogP contribution in [0.4, 0.5) is 11.4 Å². The summed E-state index contributed by atoms with van der Waals surface area (Å²) in [7, 11) is 6.81. The molecule has 2 aromatic rings. The highest BCUT2D eigenvalue weighted by Crippen LogP contribution is 2.36. The molecule has 3 amide bonds. The van der Waals surface area contributed by atoms with Crippen LogP contribution in [0.15, 0.2) is 42.5 Å². The number of hydrogen-bond acceptors (Lipinski definition) is 6. The molecule has 0 fully saturated rings. The van der Waals surface area contributed by atoms with Gasteiger partial charge in [0.1, 0.15) is 11.5 Å². The van der Waals surface area contributed by atoms with Crippen LogP contribution in [0.25, 0.3) is 0 Å². The lowest BCUT2D eigenvalue weighted by Gasteiger charge is -2.16. The van der Waals surface area contributed by atoms with Crippen molar-refractivity contribution in [2.45, 2.75) is 19.3 Å². The van der Waals surface area contributed by atoms with E-state index in [1.807, 2.05) is 25.1 Å². The van der Waals surface area contributed by atoms with Crippen LogP contribution in [0, 0.1) is 0 Å². The van der Waals surface area contributed by atoms with Gasteiger partial charge in [-0.3, -0.25) is 14.4 Å². The zero-order chi connectivity index (χ0) is 24.2. The highest BCUT2D eigenvalue weighted by atomic mass is 16.5. The Kier molecular flexibility index (Phi) is 10.2. The second-order valence-corrected chi connectivity index (χ2v) is 7.63. The van der Waals surface area contributed by atoms with Crippen LogP contribution >= 0.6 is 0 Å². The Balaban J connectivity index is 1.97. The first-order chi connectivity index (χ1) is 15.8. The predicted molar refractivity (Wildman–Crippen MR) is 128 cm³/mol. The number of hydrogen-bond donors (Lipinski definition) is 3. The van der Waals surface area contributed by atoms with E-state index in [1.54, 1.807) is 36.4 Å². The van der Waals surface area contributed by atoms with Crippen LogP contribution in [0.1, 0.15) is 29.6 Å². The lowest BCUT2D eigenvalue weighted by atomic mass is 10.1. The van der Waals surface area contributed by atoms with Gasteiger partial charge < -0.3 is 30.3 Å². The molecule has 0 aliphatic heterocycles. The molecule has 0 bridgehead atoms. The van der Waals surface area contributed by atoms with Crippen molar-refractivity contribution in [1.82, 2.24) is 10.2 Å².